The molecule has 1 fully saturated rings. The molecule has 0 amide bonds. The van der Waals surface area contributed by atoms with E-state index in [-0.39, 0.29) is 10.9 Å². The molecule has 0 radical (unpaired) electrons. The van der Waals surface area contributed by atoms with Crippen LogP contribution in [0.3, 0.4) is 0 Å². The Morgan fingerprint density at radius 2 is 2.35 bits per heavy atom. The van der Waals surface area contributed by atoms with E-state index < -0.39 is 5.82 Å². The average Bonchev–Trinajstić information content (AvgIpc) is 2.93. The number of halogens is 1. The summed E-state index contributed by atoms with van der Waals surface area (Å²) in [5.41, 5.74) is 0.826. The Hall–Kier alpha value is -1.72. The molecule has 1 aliphatic heterocycles. The third-order valence-corrected chi connectivity index (χ3v) is 3.64. The summed E-state index contributed by atoms with van der Waals surface area (Å²) in [5, 5.41) is 3.67. The lowest BCUT2D eigenvalue weighted by Gasteiger charge is -2.10. The fraction of sp³-hybridized carbons (Fsp3) is 0.400. The smallest absolute Gasteiger partial charge is 0.189 e. The molecule has 1 saturated heterocycles. The maximum atomic E-state index is 13.7. The predicted octanol–water partition coefficient (Wildman–Crippen LogP) is 1.79. The number of hydrogen-bond donors (Lipinski definition) is 2. The molecule has 2 aromatic rings. The Morgan fingerprint density at radius 3 is 3.15 bits per heavy atom. The van der Waals surface area contributed by atoms with E-state index >= 15 is 0 Å². The van der Waals surface area contributed by atoms with Gasteiger partial charge in [-0.25, -0.2) is 4.39 Å². The zero-order valence-corrected chi connectivity index (χ0v) is 11.1. The van der Waals surface area contributed by atoms with Gasteiger partial charge in [0.05, 0.1) is 12.1 Å². The molecule has 0 spiro atoms. The lowest BCUT2D eigenvalue weighted by Crippen LogP contribution is -2.23. The van der Waals surface area contributed by atoms with Crippen LogP contribution in [0.4, 0.5) is 4.39 Å². The molecular weight excluding hydrogens is 259 g/mol. The van der Waals surface area contributed by atoms with Gasteiger partial charge in [-0.3, -0.25) is 4.79 Å². The first-order chi connectivity index (χ1) is 9.74. The van der Waals surface area contributed by atoms with Gasteiger partial charge in [-0.1, -0.05) is 6.07 Å². The molecule has 0 unspecified atom stereocenters. The number of rotatable bonds is 4. The Bertz CT molecular complexity index is 662. The number of fused-ring (bicyclic) bond motifs is 1. The van der Waals surface area contributed by atoms with Crippen LogP contribution in [0.25, 0.3) is 10.9 Å². The Morgan fingerprint density at radius 1 is 1.45 bits per heavy atom. The molecule has 1 aromatic carbocycles. The van der Waals surface area contributed by atoms with Crippen molar-refractivity contribution in [2.45, 2.75) is 13.0 Å². The van der Waals surface area contributed by atoms with Gasteiger partial charge in [0.1, 0.15) is 5.82 Å². The van der Waals surface area contributed by atoms with E-state index in [2.05, 4.69) is 10.3 Å². The van der Waals surface area contributed by atoms with E-state index in [4.69, 9.17) is 4.74 Å². The van der Waals surface area contributed by atoms with Gasteiger partial charge in [0, 0.05) is 36.8 Å². The molecule has 0 bridgehead atoms. The van der Waals surface area contributed by atoms with E-state index in [0.717, 1.165) is 26.2 Å². The first kappa shape index (κ1) is 13.3. The summed E-state index contributed by atoms with van der Waals surface area (Å²) in [7, 11) is 0. The quantitative estimate of drug-likeness (QED) is 0.895. The maximum Gasteiger partial charge on any atom is 0.189 e. The lowest BCUT2D eigenvalue weighted by atomic mass is 10.1. The normalized spacial score (nSPS) is 18.8. The molecule has 2 heterocycles. The number of pyridine rings is 1. The van der Waals surface area contributed by atoms with Crippen molar-refractivity contribution >= 4 is 10.9 Å². The van der Waals surface area contributed by atoms with Crippen LogP contribution in [0.2, 0.25) is 0 Å². The number of benzene rings is 1. The highest BCUT2D eigenvalue weighted by molar-refractivity contribution is 5.78. The molecular formula is C15H17FN2O2. The van der Waals surface area contributed by atoms with Crippen LogP contribution in [0.1, 0.15) is 12.1 Å². The molecule has 1 aliphatic rings. The van der Waals surface area contributed by atoms with Crippen molar-refractivity contribution in [2.75, 3.05) is 19.8 Å². The topological polar surface area (TPSA) is 54.1 Å². The third-order valence-electron chi connectivity index (χ3n) is 3.64. The molecule has 0 aliphatic carbocycles. The van der Waals surface area contributed by atoms with Gasteiger partial charge in [0.25, 0.3) is 0 Å². The maximum absolute atomic E-state index is 13.7. The van der Waals surface area contributed by atoms with Crippen LogP contribution in [-0.4, -0.2) is 24.7 Å². The van der Waals surface area contributed by atoms with Crippen LogP contribution < -0.4 is 10.7 Å². The van der Waals surface area contributed by atoms with Crippen LogP contribution in [0.5, 0.6) is 0 Å². The highest BCUT2D eigenvalue weighted by Crippen LogP contribution is 2.13. The SMILES string of the molecule is O=c1cc(CNC[C@@H]2CCOC2)[nH]c2c(F)cccc12. The second-order valence-electron chi connectivity index (χ2n) is 5.18. The van der Waals surface area contributed by atoms with E-state index in [0.29, 0.717) is 23.5 Å². The minimum atomic E-state index is -0.398. The minimum Gasteiger partial charge on any atom is -0.381 e. The largest absolute Gasteiger partial charge is 0.381 e. The van der Waals surface area contributed by atoms with E-state index in [1.807, 2.05) is 0 Å². The number of hydrogen-bond acceptors (Lipinski definition) is 3. The Labute approximate surface area is 116 Å². The fourth-order valence-corrected chi connectivity index (χ4v) is 2.54. The molecule has 4 nitrogen and oxygen atoms in total. The molecule has 0 saturated carbocycles. The minimum absolute atomic E-state index is 0.153. The van der Waals surface area contributed by atoms with Gasteiger partial charge in [-0.2, -0.15) is 0 Å². The number of H-pyrrole nitrogens is 1. The number of para-hydroxylation sites is 1. The van der Waals surface area contributed by atoms with Crippen molar-refractivity contribution in [3.63, 3.8) is 0 Å². The summed E-state index contributed by atoms with van der Waals surface area (Å²) >= 11 is 0. The summed E-state index contributed by atoms with van der Waals surface area (Å²) in [6.07, 6.45) is 1.07. The number of nitrogens with one attached hydrogen (secondary N) is 2. The highest BCUT2D eigenvalue weighted by Gasteiger charge is 2.14. The second kappa shape index (κ2) is 5.73. The van der Waals surface area contributed by atoms with Crippen LogP contribution in [-0.2, 0) is 11.3 Å². The van der Waals surface area contributed by atoms with Crippen molar-refractivity contribution in [3.8, 4) is 0 Å². The van der Waals surface area contributed by atoms with Crippen molar-refractivity contribution in [2.24, 2.45) is 5.92 Å². The first-order valence-electron chi connectivity index (χ1n) is 6.83. The monoisotopic (exact) mass is 276 g/mol. The Kier molecular flexibility index (Phi) is 3.80. The zero-order chi connectivity index (χ0) is 13.9. The van der Waals surface area contributed by atoms with Crippen molar-refractivity contribution in [3.05, 3.63) is 46.0 Å². The van der Waals surface area contributed by atoms with Gasteiger partial charge < -0.3 is 15.0 Å². The van der Waals surface area contributed by atoms with Crippen molar-refractivity contribution in [1.29, 1.82) is 0 Å². The molecule has 5 heteroatoms. The van der Waals surface area contributed by atoms with Crippen LogP contribution in [0, 0.1) is 11.7 Å². The molecule has 3 rings (SSSR count). The summed E-state index contributed by atoms with van der Waals surface area (Å²) in [6.45, 7) is 2.98. The summed E-state index contributed by atoms with van der Waals surface area (Å²) in [5.74, 6) is 0.129. The summed E-state index contributed by atoms with van der Waals surface area (Å²) in [6, 6.07) is 6.06. The lowest BCUT2D eigenvalue weighted by molar-refractivity contribution is 0.185. The van der Waals surface area contributed by atoms with E-state index in [1.165, 1.54) is 12.1 Å². The third kappa shape index (κ3) is 2.73. The predicted molar refractivity (Wildman–Crippen MR) is 75.2 cm³/mol. The van der Waals surface area contributed by atoms with Gasteiger partial charge in [-0.05, 0) is 24.5 Å². The van der Waals surface area contributed by atoms with E-state index in [9.17, 15) is 9.18 Å². The molecule has 1 aromatic heterocycles. The number of ether oxygens (including phenoxy) is 1. The first-order valence-corrected chi connectivity index (χ1v) is 6.83. The van der Waals surface area contributed by atoms with Crippen molar-refractivity contribution in [1.82, 2.24) is 10.3 Å². The Balaban J connectivity index is 1.74. The van der Waals surface area contributed by atoms with Gasteiger partial charge in [0.2, 0.25) is 0 Å². The average molecular weight is 276 g/mol. The molecule has 20 heavy (non-hydrogen) atoms. The number of aromatic amines is 1. The van der Waals surface area contributed by atoms with Gasteiger partial charge >= 0.3 is 0 Å². The van der Waals surface area contributed by atoms with Crippen molar-refractivity contribution < 1.29 is 9.13 Å². The molecule has 2 N–H and O–H groups in total. The summed E-state index contributed by atoms with van der Waals surface area (Å²) in [4.78, 5) is 14.9. The van der Waals surface area contributed by atoms with Crippen LogP contribution >= 0.6 is 0 Å². The van der Waals surface area contributed by atoms with E-state index in [1.54, 1.807) is 12.1 Å². The zero-order valence-electron chi connectivity index (χ0n) is 11.1. The molecule has 1 atom stereocenters. The molecule has 106 valence electrons. The summed E-state index contributed by atoms with van der Waals surface area (Å²) < 4.78 is 19.0. The fourth-order valence-electron chi connectivity index (χ4n) is 2.54. The van der Waals surface area contributed by atoms with Gasteiger partial charge in [-0.15, -0.1) is 0 Å². The van der Waals surface area contributed by atoms with Crippen LogP contribution in [0.15, 0.2) is 29.1 Å². The van der Waals surface area contributed by atoms with Gasteiger partial charge in [0.15, 0.2) is 5.43 Å². The highest BCUT2D eigenvalue weighted by atomic mass is 19.1. The second-order valence-corrected chi connectivity index (χ2v) is 5.18. The number of aromatic nitrogens is 1. The standard InChI is InChI=1S/C15H17FN2O2/c16-13-3-1-2-12-14(19)6-11(18-15(12)13)8-17-7-10-4-5-20-9-10/h1-3,6,10,17H,4-5,7-9H2,(H,18,19)/t10-/m0/s1.